The van der Waals surface area contributed by atoms with E-state index in [4.69, 9.17) is 0 Å². The number of rotatable bonds is 5. The third kappa shape index (κ3) is 4.88. The minimum atomic E-state index is 0.589. The Bertz CT molecular complexity index is 605. The van der Waals surface area contributed by atoms with Gasteiger partial charge in [-0.3, -0.25) is 9.98 Å². The van der Waals surface area contributed by atoms with E-state index in [0.29, 0.717) is 5.92 Å². The Kier molecular flexibility index (Phi) is 5.95. The molecule has 1 aromatic carbocycles. The van der Waals surface area contributed by atoms with Crippen molar-refractivity contribution >= 4 is 5.96 Å². The fourth-order valence-corrected chi connectivity index (χ4v) is 2.08. The van der Waals surface area contributed by atoms with Crippen LogP contribution < -0.4 is 10.6 Å². The molecular weight excluding hydrogens is 272 g/mol. The van der Waals surface area contributed by atoms with Gasteiger partial charge in [-0.25, -0.2) is 0 Å². The van der Waals surface area contributed by atoms with Crippen molar-refractivity contribution in [1.29, 1.82) is 0 Å². The molecule has 0 atom stereocenters. The van der Waals surface area contributed by atoms with E-state index in [2.05, 4.69) is 58.7 Å². The SMILES string of the molecule is CN=C(NCc1cccc(-c2ccccn2)c1)NCC(C)C. The highest BCUT2D eigenvalue weighted by Gasteiger charge is 2.02. The predicted octanol–water partition coefficient (Wildman–Crippen LogP) is 3.07. The molecule has 0 aliphatic rings. The zero-order valence-corrected chi connectivity index (χ0v) is 13.5. The molecule has 2 N–H and O–H groups in total. The summed E-state index contributed by atoms with van der Waals surface area (Å²) in [5, 5.41) is 6.65. The maximum atomic E-state index is 4.39. The van der Waals surface area contributed by atoms with Gasteiger partial charge >= 0.3 is 0 Å². The minimum absolute atomic E-state index is 0.589. The van der Waals surface area contributed by atoms with E-state index in [1.165, 1.54) is 5.56 Å². The number of aromatic nitrogens is 1. The van der Waals surface area contributed by atoms with Crippen LogP contribution in [-0.2, 0) is 6.54 Å². The molecule has 2 rings (SSSR count). The smallest absolute Gasteiger partial charge is 0.191 e. The van der Waals surface area contributed by atoms with Crippen LogP contribution in [0.15, 0.2) is 53.7 Å². The second-order valence-corrected chi connectivity index (χ2v) is 5.62. The molecule has 0 fully saturated rings. The van der Waals surface area contributed by atoms with Gasteiger partial charge in [0.2, 0.25) is 0 Å². The molecule has 0 saturated heterocycles. The average molecular weight is 296 g/mol. The van der Waals surface area contributed by atoms with Crippen LogP contribution in [-0.4, -0.2) is 24.5 Å². The molecule has 0 amide bonds. The van der Waals surface area contributed by atoms with Gasteiger partial charge < -0.3 is 10.6 Å². The monoisotopic (exact) mass is 296 g/mol. The summed E-state index contributed by atoms with van der Waals surface area (Å²) in [5.41, 5.74) is 3.33. The summed E-state index contributed by atoms with van der Waals surface area (Å²) in [6.45, 7) is 6.00. The highest BCUT2D eigenvalue weighted by atomic mass is 15.2. The highest BCUT2D eigenvalue weighted by Crippen LogP contribution is 2.17. The van der Waals surface area contributed by atoms with E-state index in [1.807, 2.05) is 24.4 Å². The van der Waals surface area contributed by atoms with Crippen molar-refractivity contribution in [2.24, 2.45) is 10.9 Å². The van der Waals surface area contributed by atoms with Crippen LogP contribution in [0.4, 0.5) is 0 Å². The van der Waals surface area contributed by atoms with Gasteiger partial charge in [0.1, 0.15) is 0 Å². The first-order valence-corrected chi connectivity index (χ1v) is 7.64. The zero-order valence-electron chi connectivity index (χ0n) is 13.5. The lowest BCUT2D eigenvalue weighted by Gasteiger charge is -2.13. The van der Waals surface area contributed by atoms with Gasteiger partial charge in [0, 0.05) is 31.9 Å². The molecule has 0 saturated carbocycles. The summed E-state index contributed by atoms with van der Waals surface area (Å²) >= 11 is 0. The van der Waals surface area contributed by atoms with Crippen molar-refractivity contribution in [3.63, 3.8) is 0 Å². The summed E-state index contributed by atoms with van der Waals surface area (Å²) in [5.74, 6) is 1.42. The quantitative estimate of drug-likeness (QED) is 0.658. The van der Waals surface area contributed by atoms with Crippen molar-refractivity contribution in [2.45, 2.75) is 20.4 Å². The van der Waals surface area contributed by atoms with E-state index in [1.54, 1.807) is 7.05 Å². The number of pyridine rings is 1. The maximum Gasteiger partial charge on any atom is 0.191 e. The number of guanidine groups is 1. The van der Waals surface area contributed by atoms with Gasteiger partial charge in [0.15, 0.2) is 5.96 Å². The van der Waals surface area contributed by atoms with Gasteiger partial charge in [-0.2, -0.15) is 0 Å². The van der Waals surface area contributed by atoms with Crippen LogP contribution in [0.3, 0.4) is 0 Å². The number of hydrogen-bond donors (Lipinski definition) is 2. The minimum Gasteiger partial charge on any atom is -0.356 e. The van der Waals surface area contributed by atoms with E-state index in [-0.39, 0.29) is 0 Å². The van der Waals surface area contributed by atoms with Crippen LogP contribution in [0.25, 0.3) is 11.3 Å². The Hall–Kier alpha value is -2.36. The fourth-order valence-electron chi connectivity index (χ4n) is 2.08. The van der Waals surface area contributed by atoms with Crippen molar-refractivity contribution < 1.29 is 0 Å². The fraction of sp³-hybridized carbons (Fsp3) is 0.333. The van der Waals surface area contributed by atoms with Crippen LogP contribution in [0.2, 0.25) is 0 Å². The summed E-state index contributed by atoms with van der Waals surface area (Å²) in [7, 11) is 1.79. The molecule has 0 spiro atoms. The number of hydrogen-bond acceptors (Lipinski definition) is 2. The van der Waals surface area contributed by atoms with Gasteiger partial charge in [-0.15, -0.1) is 0 Å². The molecule has 116 valence electrons. The molecule has 2 aromatic rings. The van der Waals surface area contributed by atoms with Crippen LogP contribution in [0.5, 0.6) is 0 Å². The molecule has 0 radical (unpaired) electrons. The first-order valence-electron chi connectivity index (χ1n) is 7.64. The standard InChI is InChI=1S/C18H24N4/c1-14(2)12-21-18(19-3)22-13-15-7-6-8-16(11-15)17-9-4-5-10-20-17/h4-11,14H,12-13H2,1-3H3,(H2,19,21,22). The molecule has 1 aromatic heterocycles. The topological polar surface area (TPSA) is 49.3 Å². The predicted molar refractivity (Wildman–Crippen MR) is 92.7 cm³/mol. The summed E-state index contributed by atoms with van der Waals surface area (Å²) < 4.78 is 0. The Balaban J connectivity index is 1.99. The lowest BCUT2D eigenvalue weighted by Crippen LogP contribution is -2.38. The molecule has 4 nitrogen and oxygen atoms in total. The first-order chi connectivity index (χ1) is 10.7. The second-order valence-electron chi connectivity index (χ2n) is 5.62. The second kappa shape index (κ2) is 8.17. The van der Waals surface area contributed by atoms with E-state index >= 15 is 0 Å². The van der Waals surface area contributed by atoms with Crippen molar-refractivity contribution in [3.05, 3.63) is 54.2 Å². The maximum absolute atomic E-state index is 4.39. The number of nitrogens with one attached hydrogen (secondary N) is 2. The van der Waals surface area contributed by atoms with Crippen molar-refractivity contribution in [1.82, 2.24) is 15.6 Å². The molecular formula is C18H24N4. The first kappa shape index (κ1) is 16.0. The summed E-state index contributed by atoms with van der Waals surface area (Å²) in [6, 6.07) is 14.4. The molecule has 1 heterocycles. The molecule has 22 heavy (non-hydrogen) atoms. The molecule has 0 aliphatic heterocycles. The van der Waals surface area contributed by atoms with Crippen molar-refractivity contribution in [3.8, 4) is 11.3 Å². The van der Waals surface area contributed by atoms with Crippen LogP contribution >= 0.6 is 0 Å². The lowest BCUT2D eigenvalue weighted by atomic mass is 10.1. The molecule has 0 unspecified atom stereocenters. The lowest BCUT2D eigenvalue weighted by molar-refractivity contribution is 0.614. The largest absolute Gasteiger partial charge is 0.356 e. The van der Waals surface area contributed by atoms with E-state index < -0.39 is 0 Å². The van der Waals surface area contributed by atoms with Gasteiger partial charge in [0.25, 0.3) is 0 Å². The van der Waals surface area contributed by atoms with Crippen LogP contribution in [0.1, 0.15) is 19.4 Å². The third-order valence-electron chi connectivity index (χ3n) is 3.25. The Labute approximate surface area is 132 Å². The van der Waals surface area contributed by atoms with E-state index in [9.17, 15) is 0 Å². The normalized spacial score (nSPS) is 11.5. The summed E-state index contributed by atoms with van der Waals surface area (Å²) in [6.07, 6.45) is 1.82. The van der Waals surface area contributed by atoms with E-state index in [0.717, 1.165) is 30.3 Å². The highest BCUT2D eigenvalue weighted by molar-refractivity contribution is 5.79. The summed E-state index contributed by atoms with van der Waals surface area (Å²) in [4.78, 5) is 8.63. The number of aliphatic imine (C=N–C) groups is 1. The molecule has 0 aliphatic carbocycles. The average Bonchev–Trinajstić information content (AvgIpc) is 2.56. The molecule has 0 bridgehead atoms. The van der Waals surface area contributed by atoms with Gasteiger partial charge in [0.05, 0.1) is 5.69 Å². The number of nitrogens with zero attached hydrogens (tertiary/aromatic N) is 2. The van der Waals surface area contributed by atoms with Crippen LogP contribution in [0, 0.1) is 5.92 Å². The van der Waals surface area contributed by atoms with Gasteiger partial charge in [-0.05, 0) is 29.7 Å². The Morgan fingerprint density at radius 3 is 2.68 bits per heavy atom. The Morgan fingerprint density at radius 1 is 1.14 bits per heavy atom. The Morgan fingerprint density at radius 2 is 2.00 bits per heavy atom. The molecule has 4 heteroatoms. The third-order valence-corrected chi connectivity index (χ3v) is 3.25. The number of benzene rings is 1. The van der Waals surface area contributed by atoms with Gasteiger partial charge in [-0.1, -0.05) is 38.1 Å². The zero-order chi connectivity index (χ0) is 15.8. The van der Waals surface area contributed by atoms with Crippen molar-refractivity contribution in [2.75, 3.05) is 13.6 Å².